The number of oxazole rings is 1. The van der Waals surface area contributed by atoms with Crippen LogP contribution in [0.2, 0.25) is 0 Å². The van der Waals surface area contributed by atoms with Crippen molar-refractivity contribution < 1.29 is 9.21 Å². The molecule has 2 rings (SSSR count). The van der Waals surface area contributed by atoms with E-state index in [1.54, 1.807) is 31.6 Å². The van der Waals surface area contributed by atoms with E-state index in [1.165, 1.54) is 0 Å². The highest BCUT2D eigenvalue weighted by Crippen LogP contribution is 2.06. The van der Waals surface area contributed by atoms with E-state index in [-0.39, 0.29) is 12.5 Å². The number of nitrogens with zero attached hydrogens (tertiary/aromatic N) is 2. The maximum Gasteiger partial charge on any atom is 0.270 e. The fraction of sp³-hybridized carbons (Fsp3) is 0.308. The molecule has 6 nitrogen and oxygen atoms in total. The van der Waals surface area contributed by atoms with Crippen LogP contribution in [0.4, 0.5) is 5.69 Å². The molecule has 0 radical (unpaired) electrons. The molecule has 2 aromatic heterocycles. The Bertz CT molecular complexity index is 548. The van der Waals surface area contributed by atoms with E-state index in [0.717, 1.165) is 17.9 Å². The number of hydrogen-bond acceptors (Lipinski definition) is 5. The first-order chi connectivity index (χ1) is 9.22. The molecule has 0 aliphatic heterocycles. The second kappa shape index (κ2) is 5.99. The van der Waals surface area contributed by atoms with Crippen molar-refractivity contribution in [1.29, 1.82) is 0 Å². The quantitative estimate of drug-likeness (QED) is 0.853. The van der Waals surface area contributed by atoms with Crippen molar-refractivity contribution in [1.82, 2.24) is 15.3 Å². The van der Waals surface area contributed by atoms with Crippen LogP contribution in [0.5, 0.6) is 0 Å². The van der Waals surface area contributed by atoms with Crippen molar-refractivity contribution in [2.75, 3.05) is 12.4 Å². The van der Waals surface area contributed by atoms with Crippen molar-refractivity contribution in [3.63, 3.8) is 0 Å². The van der Waals surface area contributed by atoms with Crippen LogP contribution in [0, 0.1) is 0 Å². The molecule has 0 aliphatic carbocycles. The van der Waals surface area contributed by atoms with Crippen molar-refractivity contribution in [2.45, 2.75) is 19.9 Å². The zero-order valence-electron chi connectivity index (χ0n) is 10.9. The van der Waals surface area contributed by atoms with Crippen LogP contribution in [0.3, 0.4) is 0 Å². The summed E-state index contributed by atoms with van der Waals surface area (Å²) in [5, 5.41) is 5.65. The first-order valence-corrected chi connectivity index (χ1v) is 6.08. The highest BCUT2D eigenvalue weighted by molar-refractivity contribution is 5.92. The van der Waals surface area contributed by atoms with Gasteiger partial charge in [-0.15, -0.1) is 0 Å². The Kier molecular flexibility index (Phi) is 4.12. The number of hydrogen-bond donors (Lipinski definition) is 2. The van der Waals surface area contributed by atoms with Crippen LogP contribution in [-0.2, 0) is 13.0 Å². The summed E-state index contributed by atoms with van der Waals surface area (Å²) in [6, 6.07) is 3.45. The van der Waals surface area contributed by atoms with Crippen LogP contribution in [0.25, 0.3) is 0 Å². The maximum atomic E-state index is 11.8. The van der Waals surface area contributed by atoms with Gasteiger partial charge in [-0.1, -0.05) is 6.92 Å². The molecule has 0 bridgehead atoms. The number of carbonyl (C=O) groups is 1. The summed E-state index contributed by atoms with van der Waals surface area (Å²) in [6.07, 6.45) is 4.06. The van der Waals surface area contributed by atoms with Gasteiger partial charge in [0.2, 0.25) is 5.89 Å². The molecule has 2 heterocycles. The van der Waals surface area contributed by atoms with E-state index < -0.39 is 0 Å². The monoisotopic (exact) mass is 260 g/mol. The van der Waals surface area contributed by atoms with E-state index in [0.29, 0.717) is 11.6 Å². The largest absolute Gasteiger partial charge is 0.444 e. The van der Waals surface area contributed by atoms with Crippen molar-refractivity contribution >= 4 is 11.6 Å². The number of anilines is 1. The predicted octanol–water partition coefficient (Wildman–Crippen LogP) is 1.60. The Labute approximate surface area is 111 Å². The number of aryl methyl sites for hydroxylation is 1. The topological polar surface area (TPSA) is 80.0 Å². The number of carbonyl (C=O) groups excluding carboxylic acids is 1. The molecule has 2 aromatic rings. The third kappa shape index (κ3) is 3.31. The minimum Gasteiger partial charge on any atom is -0.444 e. The number of aromatic nitrogens is 2. The summed E-state index contributed by atoms with van der Waals surface area (Å²) >= 11 is 0. The molecule has 0 unspecified atom stereocenters. The Balaban J connectivity index is 1.93. The lowest BCUT2D eigenvalue weighted by atomic mass is 10.3. The van der Waals surface area contributed by atoms with Gasteiger partial charge in [0.15, 0.2) is 0 Å². The maximum absolute atomic E-state index is 11.8. The standard InChI is InChI=1S/C13H16N4O2/c1-3-10-7-16-12(19-10)8-17-13(18)11-5-4-9(14-2)6-15-11/h4-7,14H,3,8H2,1-2H3,(H,17,18). The van der Waals surface area contributed by atoms with Gasteiger partial charge in [-0.05, 0) is 12.1 Å². The van der Waals surface area contributed by atoms with Gasteiger partial charge in [-0.2, -0.15) is 0 Å². The third-order valence-electron chi connectivity index (χ3n) is 2.63. The minimum absolute atomic E-state index is 0.251. The summed E-state index contributed by atoms with van der Waals surface area (Å²) in [7, 11) is 1.80. The predicted molar refractivity (Wildman–Crippen MR) is 70.8 cm³/mol. The second-order valence-electron chi connectivity index (χ2n) is 3.94. The molecule has 2 N–H and O–H groups in total. The molecule has 100 valence electrons. The first kappa shape index (κ1) is 13.1. The summed E-state index contributed by atoms with van der Waals surface area (Å²) in [5.41, 5.74) is 1.22. The van der Waals surface area contributed by atoms with Crippen LogP contribution >= 0.6 is 0 Å². The van der Waals surface area contributed by atoms with Crippen molar-refractivity contribution in [3.05, 3.63) is 41.9 Å². The summed E-state index contributed by atoms with van der Waals surface area (Å²) in [5.74, 6) is 1.05. The summed E-state index contributed by atoms with van der Waals surface area (Å²) in [6.45, 7) is 2.24. The number of amides is 1. The van der Waals surface area contributed by atoms with Gasteiger partial charge < -0.3 is 15.1 Å². The second-order valence-corrected chi connectivity index (χ2v) is 3.94. The summed E-state index contributed by atoms with van der Waals surface area (Å²) < 4.78 is 5.40. The lowest BCUT2D eigenvalue weighted by molar-refractivity contribution is 0.0942. The smallest absolute Gasteiger partial charge is 0.270 e. The highest BCUT2D eigenvalue weighted by atomic mass is 16.4. The van der Waals surface area contributed by atoms with Crippen LogP contribution in [0.15, 0.2) is 28.9 Å². The van der Waals surface area contributed by atoms with E-state index in [2.05, 4.69) is 20.6 Å². The third-order valence-corrected chi connectivity index (χ3v) is 2.63. The average molecular weight is 260 g/mol. The fourth-order valence-corrected chi connectivity index (χ4v) is 1.52. The molecule has 0 saturated heterocycles. The van der Waals surface area contributed by atoms with Crippen molar-refractivity contribution in [2.24, 2.45) is 0 Å². The van der Waals surface area contributed by atoms with Gasteiger partial charge in [0, 0.05) is 13.5 Å². The lowest BCUT2D eigenvalue weighted by Gasteiger charge is -2.03. The van der Waals surface area contributed by atoms with E-state index in [4.69, 9.17) is 4.42 Å². The van der Waals surface area contributed by atoms with Gasteiger partial charge in [-0.3, -0.25) is 4.79 Å². The molecule has 0 atom stereocenters. The highest BCUT2D eigenvalue weighted by Gasteiger charge is 2.09. The van der Waals surface area contributed by atoms with E-state index >= 15 is 0 Å². The normalized spacial score (nSPS) is 10.2. The first-order valence-electron chi connectivity index (χ1n) is 6.08. The van der Waals surface area contributed by atoms with Gasteiger partial charge >= 0.3 is 0 Å². The van der Waals surface area contributed by atoms with Gasteiger partial charge in [0.25, 0.3) is 5.91 Å². The van der Waals surface area contributed by atoms with Crippen molar-refractivity contribution in [3.8, 4) is 0 Å². The van der Waals surface area contributed by atoms with Gasteiger partial charge in [-0.25, -0.2) is 9.97 Å². The zero-order valence-corrected chi connectivity index (χ0v) is 10.9. The molecule has 19 heavy (non-hydrogen) atoms. The Morgan fingerprint density at radius 1 is 1.32 bits per heavy atom. The molecular formula is C13H16N4O2. The molecule has 6 heteroatoms. The van der Waals surface area contributed by atoms with Gasteiger partial charge in [0.05, 0.1) is 24.6 Å². The molecule has 0 saturated carbocycles. The van der Waals surface area contributed by atoms with E-state index in [9.17, 15) is 4.79 Å². The molecule has 0 aliphatic rings. The van der Waals surface area contributed by atoms with Crippen LogP contribution < -0.4 is 10.6 Å². The average Bonchev–Trinajstić information content (AvgIpc) is 2.93. The molecule has 0 spiro atoms. The molecule has 1 amide bonds. The van der Waals surface area contributed by atoms with E-state index in [1.807, 2.05) is 6.92 Å². The Hall–Kier alpha value is -2.37. The Morgan fingerprint density at radius 3 is 2.74 bits per heavy atom. The van der Waals surface area contributed by atoms with Gasteiger partial charge in [0.1, 0.15) is 11.5 Å². The van der Waals surface area contributed by atoms with Crippen LogP contribution in [0.1, 0.15) is 29.1 Å². The molecule has 0 aromatic carbocycles. The zero-order chi connectivity index (χ0) is 13.7. The van der Waals surface area contributed by atoms with Crippen LogP contribution in [-0.4, -0.2) is 22.9 Å². The molecule has 0 fully saturated rings. The summed E-state index contributed by atoms with van der Waals surface area (Å²) in [4.78, 5) is 20.0. The fourth-order valence-electron chi connectivity index (χ4n) is 1.52. The number of rotatable bonds is 5. The lowest BCUT2D eigenvalue weighted by Crippen LogP contribution is -2.23. The SMILES string of the molecule is CCc1cnc(CNC(=O)c2ccc(NC)cn2)o1. The molecular weight excluding hydrogens is 244 g/mol. The number of nitrogens with one attached hydrogen (secondary N) is 2. The minimum atomic E-state index is -0.251. The Morgan fingerprint density at radius 2 is 2.16 bits per heavy atom. The number of pyridine rings is 1.